The summed E-state index contributed by atoms with van der Waals surface area (Å²) >= 11 is 3.36. The molecule has 1 heterocycles. The van der Waals surface area contributed by atoms with Crippen LogP contribution in [0.2, 0.25) is 0 Å². The maximum atomic E-state index is 12.2. The fourth-order valence-electron chi connectivity index (χ4n) is 3.63. The molecule has 24 heavy (non-hydrogen) atoms. The molecule has 0 radical (unpaired) electrons. The number of amides is 2. The first-order valence-electron chi connectivity index (χ1n) is 7.93. The van der Waals surface area contributed by atoms with Gasteiger partial charge in [-0.2, -0.15) is 0 Å². The fourth-order valence-corrected chi connectivity index (χ4v) is 4.03. The summed E-state index contributed by atoms with van der Waals surface area (Å²) in [4.78, 5) is 12.2. The second kappa shape index (κ2) is 5.67. The lowest BCUT2D eigenvalue weighted by Crippen LogP contribution is -2.44. The second-order valence-electron chi connectivity index (χ2n) is 6.33. The fraction of sp³-hybridized carbons (Fsp3) is 0.211. The lowest BCUT2D eigenvalue weighted by molar-refractivity contribution is 0.240. The van der Waals surface area contributed by atoms with Crippen molar-refractivity contribution in [2.45, 2.75) is 25.3 Å². The second-order valence-corrected chi connectivity index (χ2v) is 7.19. The highest BCUT2D eigenvalue weighted by Gasteiger charge is 2.34. The average molecular weight is 385 g/mol. The van der Waals surface area contributed by atoms with Crippen LogP contribution in [-0.4, -0.2) is 11.1 Å². The molecule has 2 amide bonds. The minimum absolute atomic E-state index is 0.190. The summed E-state index contributed by atoms with van der Waals surface area (Å²) in [6, 6.07) is 13.2. The van der Waals surface area contributed by atoms with Crippen LogP contribution in [0.5, 0.6) is 5.75 Å². The highest BCUT2D eigenvalue weighted by molar-refractivity contribution is 9.10. The highest BCUT2D eigenvalue weighted by Crippen LogP contribution is 2.44. The number of fused-ring (bicyclic) bond motifs is 2. The third-order valence-electron chi connectivity index (χ3n) is 4.78. The van der Waals surface area contributed by atoms with Gasteiger partial charge in [-0.15, -0.1) is 0 Å². The minimum atomic E-state index is -0.202. The van der Waals surface area contributed by atoms with Crippen LogP contribution in [0.3, 0.4) is 0 Å². The van der Waals surface area contributed by atoms with E-state index in [9.17, 15) is 9.90 Å². The minimum Gasteiger partial charge on any atom is -0.507 e. The number of phenolic OH excluding ortho intramolecular Hbond substituents is 1. The van der Waals surface area contributed by atoms with E-state index in [1.165, 1.54) is 11.1 Å². The summed E-state index contributed by atoms with van der Waals surface area (Å²) in [6.07, 6.45) is 0.878. The summed E-state index contributed by atoms with van der Waals surface area (Å²) in [7, 11) is 0. The Bertz CT molecular complexity index is 875. The zero-order valence-electron chi connectivity index (χ0n) is 13.1. The molecule has 0 spiro atoms. The smallest absolute Gasteiger partial charge is 0.319 e. The molecule has 0 bridgehead atoms. The molecular formula is C19H17BrN2O2. The zero-order chi connectivity index (χ0) is 16.8. The van der Waals surface area contributed by atoms with Crippen molar-refractivity contribution in [3.8, 4) is 5.75 Å². The van der Waals surface area contributed by atoms with Crippen molar-refractivity contribution in [3.05, 3.63) is 69.2 Å². The SMILES string of the molecule is CC1CC2=C(NC(=O)NC2c2ccc(O)c(Br)c2)c2ccccc21. The summed E-state index contributed by atoms with van der Waals surface area (Å²) in [5.74, 6) is 0.579. The van der Waals surface area contributed by atoms with Gasteiger partial charge in [-0.25, -0.2) is 4.79 Å². The molecule has 0 saturated heterocycles. The zero-order valence-corrected chi connectivity index (χ0v) is 14.7. The first kappa shape index (κ1) is 15.3. The summed E-state index contributed by atoms with van der Waals surface area (Å²) in [6.45, 7) is 2.21. The Morgan fingerprint density at radius 2 is 2.00 bits per heavy atom. The average Bonchev–Trinajstić information content (AvgIpc) is 2.58. The molecule has 3 N–H and O–H groups in total. The third-order valence-corrected chi connectivity index (χ3v) is 5.41. The number of rotatable bonds is 1. The molecule has 2 aromatic rings. The number of carbonyl (C=O) groups is 1. The molecule has 5 heteroatoms. The largest absolute Gasteiger partial charge is 0.507 e. The van der Waals surface area contributed by atoms with E-state index in [0.29, 0.717) is 10.4 Å². The van der Waals surface area contributed by atoms with Gasteiger partial charge in [0.2, 0.25) is 0 Å². The number of phenols is 1. The van der Waals surface area contributed by atoms with Gasteiger partial charge in [0.15, 0.2) is 0 Å². The predicted octanol–water partition coefficient (Wildman–Crippen LogP) is 4.43. The van der Waals surface area contributed by atoms with Crippen molar-refractivity contribution in [2.24, 2.45) is 0 Å². The number of hydrogen-bond donors (Lipinski definition) is 3. The molecular weight excluding hydrogens is 368 g/mol. The maximum absolute atomic E-state index is 12.2. The van der Waals surface area contributed by atoms with Crippen LogP contribution < -0.4 is 10.6 Å². The van der Waals surface area contributed by atoms with Gasteiger partial charge in [-0.3, -0.25) is 0 Å². The molecule has 0 saturated carbocycles. The van der Waals surface area contributed by atoms with Crippen LogP contribution in [0, 0.1) is 0 Å². The Labute approximate surface area is 148 Å². The molecule has 2 aromatic carbocycles. The lowest BCUT2D eigenvalue weighted by Gasteiger charge is -2.36. The van der Waals surface area contributed by atoms with Crippen molar-refractivity contribution < 1.29 is 9.90 Å². The van der Waals surface area contributed by atoms with Crippen LogP contribution >= 0.6 is 15.9 Å². The predicted molar refractivity (Wildman–Crippen MR) is 96.6 cm³/mol. The number of urea groups is 1. The maximum Gasteiger partial charge on any atom is 0.319 e. The quantitative estimate of drug-likeness (QED) is 0.680. The first-order chi connectivity index (χ1) is 11.5. The van der Waals surface area contributed by atoms with Crippen molar-refractivity contribution in [3.63, 3.8) is 0 Å². The van der Waals surface area contributed by atoms with Crippen molar-refractivity contribution in [1.82, 2.24) is 10.6 Å². The Hall–Kier alpha value is -2.27. The van der Waals surface area contributed by atoms with E-state index < -0.39 is 0 Å². The van der Waals surface area contributed by atoms with Crippen LogP contribution in [0.4, 0.5) is 4.79 Å². The number of aromatic hydroxyl groups is 1. The molecule has 0 aromatic heterocycles. The number of benzene rings is 2. The molecule has 4 nitrogen and oxygen atoms in total. The number of carbonyl (C=O) groups excluding carboxylic acids is 1. The highest BCUT2D eigenvalue weighted by atomic mass is 79.9. The van der Waals surface area contributed by atoms with Crippen molar-refractivity contribution in [2.75, 3.05) is 0 Å². The Kier molecular flexibility index (Phi) is 3.61. The van der Waals surface area contributed by atoms with E-state index >= 15 is 0 Å². The monoisotopic (exact) mass is 384 g/mol. The Morgan fingerprint density at radius 3 is 2.79 bits per heavy atom. The van der Waals surface area contributed by atoms with Crippen LogP contribution in [0.1, 0.15) is 42.0 Å². The molecule has 2 aliphatic rings. The number of hydrogen-bond acceptors (Lipinski definition) is 2. The molecule has 1 aliphatic heterocycles. The molecule has 2 unspecified atom stereocenters. The van der Waals surface area contributed by atoms with Gasteiger partial charge in [0.05, 0.1) is 16.2 Å². The van der Waals surface area contributed by atoms with Crippen LogP contribution in [-0.2, 0) is 0 Å². The Balaban J connectivity index is 1.87. The van der Waals surface area contributed by atoms with E-state index in [0.717, 1.165) is 23.2 Å². The molecule has 4 rings (SSSR count). The molecule has 122 valence electrons. The van der Waals surface area contributed by atoms with E-state index in [1.807, 2.05) is 24.3 Å². The summed E-state index contributed by atoms with van der Waals surface area (Å²) < 4.78 is 0.624. The van der Waals surface area contributed by atoms with E-state index in [1.54, 1.807) is 6.07 Å². The van der Waals surface area contributed by atoms with Crippen molar-refractivity contribution in [1.29, 1.82) is 0 Å². The topological polar surface area (TPSA) is 61.4 Å². The molecule has 2 atom stereocenters. The molecule has 1 aliphatic carbocycles. The lowest BCUT2D eigenvalue weighted by atomic mass is 9.78. The van der Waals surface area contributed by atoms with E-state index in [4.69, 9.17) is 0 Å². The van der Waals surface area contributed by atoms with Gasteiger partial charge in [0.1, 0.15) is 5.75 Å². The normalized spacial score (nSPS) is 22.3. The number of nitrogens with one attached hydrogen (secondary N) is 2. The summed E-state index contributed by atoms with van der Waals surface area (Å²) in [5, 5.41) is 15.7. The van der Waals surface area contributed by atoms with Gasteiger partial charge in [-0.1, -0.05) is 37.3 Å². The first-order valence-corrected chi connectivity index (χ1v) is 8.72. The van der Waals surface area contributed by atoms with Gasteiger partial charge in [-0.05, 0) is 57.1 Å². The van der Waals surface area contributed by atoms with Gasteiger partial charge < -0.3 is 15.7 Å². The summed E-state index contributed by atoms with van der Waals surface area (Å²) in [5.41, 5.74) is 5.42. The van der Waals surface area contributed by atoms with E-state index in [-0.39, 0.29) is 17.8 Å². The Morgan fingerprint density at radius 1 is 1.21 bits per heavy atom. The van der Waals surface area contributed by atoms with Gasteiger partial charge in [0, 0.05) is 5.56 Å². The van der Waals surface area contributed by atoms with Gasteiger partial charge >= 0.3 is 6.03 Å². The number of halogens is 1. The molecule has 0 fully saturated rings. The van der Waals surface area contributed by atoms with E-state index in [2.05, 4.69) is 45.6 Å². The van der Waals surface area contributed by atoms with Crippen molar-refractivity contribution >= 4 is 27.7 Å². The van der Waals surface area contributed by atoms with Crippen LogP contribution in [0.15, 0.2) is 52.5 Å². The van der Waals surface area contributed by atoms with Gasteiger partial charge in [0.25, 0.3) is 0 Å². The third kappa shape index (κ3) is 2.40. The standard InChI is InChI=1S/C19H17BrN2O2/c1-10-8-14-17(11-6-7-16(23)15(20)9-11)21-19(24)22-18(14)13-5-3-2-4-12(10)13/h2-7,9-10,17,23H,8H2,1H3,(H2,21,22,24). The van der Waals surface area contributed by atoms with Crippen LogP contribution in [0.25, 0.3) is 5.70 Å².